The predicted octanol–water partition coefficient (Wildman–Crippen LogP) is 3.80. The highest BCUT2D eigenvalue weighted by Crippen LogP contribution is 2.47. The zero-order valence-electron chi connectivity index (χ0n) is 19.2. The summed E-state index contributed by atoms with van der Waals surface area (Å²) in [5.41, 5.74) is 4.21. The van der Waals surface area contributed by atoms with Crippen molar-refractivity contribution in [2.24, 2.45) is 10.6 Å². The smallest absolute Gasteiger partial charge is 0.296 e. The molecule has 30 heavy (non-hydrogen) atoms. The third-order valence-electron chi connectivity index (χ3n) is 5.41. The third-order valence-corrected chi connectivity index (χ3v) is 6.93. The predicted molar refractivity (Wildman–Crippen MR) is 129 cm³/mol. The zero-order valence-corrected chi connectivity index (χ0v) is 20.8. The van der Waals surface area contributed by atoms with Crippen molar-refractivity contribution in [1.29, 1.82) is 0 Å². The Bertz CT molecular complexity index is 908. The van der Waals surface area contributed by atoms with E-state index in [0.717, 1.165) is 47.7 Å². The van der Waals surface area contributed by atoms with Crippen molar-refractivity contribution in [3.8, 4) is 0 Å². The van der Waals surface area contributed by atoms with Crippen LogP contribution in [0.3, 0.4) is 0 Å². The van der Waals surface area contributed by atoms with Crippen molar-refractivity contribution >= 4 is 44.9 Å². The number of rotatable bonds is 8. The highest BCUT2D eigenvalue weighted by atomic mass is 32.2. The average Bonchev–Trinajstić information content (AvgIpc) is 2.97. The lowest BCUT2D eigenvalue weighted by Gasteiger charge is -2.31. The van der Waals surface area contributed by atoms with Crippen LogP contribution in [0.5, 0.6) is 0 Å². The largest absolute Gasteiger partial charge is 0.365 e. The minimum absolute atomic E-state index is 0.110. The zero-order chi connectivity index (χ0) is 22.9. The molecule has 2 rings (SSSR count). The number of thioether (sulfide) groups is 1. The third kappa shape index (κ3) is 5.42. The molecule has 0 aliphatic carbocycles. The first-order chi connectivity index (χ1) is 13.8. The summed E-state index contributed by atoms with van der Waals surface area (Å²) in [6.45, 7) is 14.5. The number of fused-ring (bicyclic) bond motifs is 1. The Hall–Kier alpha value is -1.45. The molecule has 1 atom stereocenters. The van der Waals surface area contributed by atoms with Crippen LogP contribution in [0.1, 0.15) is 57.7 Å². The van der Waals surface area contributed by atoms with Crippen LogP contribution in [-0.4, -0.2) is 38.4 Å². The summed E-state index contributed by atoms with van der Waals surface area (Å²) in [5, 5.41) is 8.40. The van der Waals surface area contributed by atoms with E-state index in [9.17, 15) is 13.2 Å². The molecule has 0 saturated carbocycles. The number of benzene rings is 1. The first-order valence-corrected chi connectivity index (χ1v) is 13.1. The van der Waals surface area contributed by atoms with Crippen LogP contribution < -0.4 is 20.1 Å². The van der Waals surface area contributed by atoms with Gasteiger partial charge in [0.1, 0.15) is 0 Å². The van der Waals surface area contributed by atoms with E-state index in [4.69, 9.17) is 5.14 Å². The number of carbonyl (C=O) groups excluding carboxylic acids is 1. The molecule has 170 valence electrons. The lowest BCUT2D eigenvalue weighted by Crippen LogP contribution is -2.36. The van der Waals surface area contributed by atoms with Gasteiger partial charge in [0, 0.05) is 23.8 Å². The molecule has 0 bridgehead atoms. The van der Waals surface area contributed by atoms with Crippen LogP contribution in [0.2, 0.25) is 0 Å². The van der Waals surface area contributed by atoms with Crippen molar-refractivity contribution in [1.82, 2.24) is 0 Å². The molecule has 1 aliphatic heterocycles. The number of nitrogens with two attached hydrogens (primary N) is 1. The van der Waals surface area contributed by atoms with Crippen LogP contribution >= 0.6 is 11.8 Å². The number of nitrogens with zero attached hydrogens (tertiary/aromatic N) is 1. The first-order valence-electron chi connectivity index (χ1n) is 10.4. The molecule has 1 aromatic rings. The van der Waals surface area contributed by atoms with E-state index in [2.05, 4.69) is 28.8 Å². The van der Waals surface area contributed by atoms with E-state index < -0.39 is 15.6 Å². The van der Waals surface area contributed by atoms with Gasteiger partial charge in [0.25, 0.3) is 10.2 Å². The van der Waals surface area contributed by atoms with Gasteiger partial charge in [-0.2, -0.15) is 20.2 Å². The summed E-state index contributed by atoms with van der Waals surface area (Å²) in [5.74, 6) is 1.91. The van der Waals surface area contributed by atoms with Crippen LogP contribution in [0, 0.1) is 19.3 Å². The van der Waals surface area contributed by atoms with Gasteiger partial charge < -0.3 is 10.2 Å². The van der Waals surface area contributed by atoms with Crippen LogP contribution in [0.4, 0.5) is 17.1 Å². The van der Waals surface area contributed by atoms with Gasteiger partial charge in [-0.25, -0.2) is 5.14 Å². The maximum atomic E-state index is 12.9. The van der Waals surface area contributed by atoms with Gasteiger partial charge in [-0.3, -0.25) is 9.52 Å². The SMILES string of the molecule is CCCN1c2c(c(C)c(NS(N)(=O)=O)c(C)c2NC(=O)C(C)(C)C)CC1CSCC. The number of anilines is 3. The number of hydrogen-bond donors (Lipinski definition) is 3. The number of nitrogens with one attached hydrogen (secondary N) is 2. The fourth-order valence-electron chi connectivity index (χ4n) is 3.85. The summed E-state index contributed by atoms with van der Waals surface area (Å²) in [4.78, 5) is 15.3. The van der Waals surface area contributed by atoms with Crippen LogP contribution in [0.15, 0.2) is 0 Å². The standard InChI is InChI=1S/C21H36N4O3S2/c1-8-10-25-15(12-29-9-2)11-16-13(3)17(24-30(22,27)28)14(4)18(19(16)25)23-20(26)21(5,6)7/h15,24H,8-12H2,1-7H3,(H,23,26)(H2,22,27,28). The molecule has 0 spiro atoms. The molecule has 4 N–H and O–H groups in total. The van der Waals surface area contributed by atoms with Gasteiger partial charge in [-0.1, -0.05) is 34.6 Å². The van der Waals surface area contributed by atoms with Gasteiger partial charge in [0.2, 0.25) is 5.91 Å². The number of amides is 1. The van der Waals surface area contributed by atoms with Gasteiger partial charge in [0.15, 0.2) is 0 Å². The lowest BCUT2D eigenvalue weighted by atomic mass is 9.93. The Kier molecular flexibility index (Phi) is 7.74. The van der Waals surface area contributed by atoms with Crippen molar-refractivity contribution in [3.63, 3.8) is 0 Å². The molecule has 1 unspecified atom stereocenters. The first kappa shape index (κ1) is 24.8. The molecule has 0 fully saturated rings. The molecule has 1 amide bonds. The fraction of sp³-hybridized carbons (Fsp3) is 0.667. The average molecular weight is 457 g/mol. The van der Waals surface area contributed by atoms with Crippen LogP contribution in [-0.2, 0) is 21.4 Å². The van der Waals surface area contributed by atoms with Crippen molar-refractivity contribution in [3.05, 3.63) is 16.7 Å². The highest BCUT2D eigenvalue weighted by molar-refractivity contribution is 7.99. The molecule has 1 aliphatic rings. The minimum atomic E-state index is -3.95. The van der Waals surface area contributed by atoms with E-state index >= 15 is 0 Å². The number of hydrogen-bond acceptors (Lipinski definition) is 5. The highest BCUT2D eigenvalue weighted by Gasteiger charge is 2.36. The second kappa shape index (κ2) is 9.36. The Labute approximate surface area is 185 Å². The molecule has 0 aromatic heterocycles. The lowest BCUT2D eigenvalue weighted by molar-refractivity contribution is -0.123. The summed E-state index contributed by atoms with van der Waals surface area (Å²) in [6, 6.07) is 0.304. The monoisotopic (exact) mass is 456 g/mol. The molecule has 7 nitrogen and oxygen atoms in total. The second-order valence-electron chi connectivity index (χ2n) is 8.89. The minimum Gasteiger partial charge on any atom is -0.365 e. The topological polar surface area (TPSA) is 105 Å². The number of carbonyl (C=O) groups is 1. The van der Waals surface area contributed by atoms with Crippen molar-refractivity contribution < 1.29 is 13.2 Å². The summed E-state index contributed by atoms with van der Waals surface area (Å²) >= 11 is 1.89. The molecule has 1 aromatic carbocycles. The Morgan fingerprint density at radius 1 is 1.20 bits per heavy atom. The Morgan fingerprint density at radius 3 is 2.33 bits per heavy atom. The van der Waals surface area contributed by atoms with Gasteiger partial charge in [0.05, 0.1) is 17.1 Å². The van der Waals surface area contributed by atoms with E-state index in [1.165, 1.54) is 0 Å². The quantitative estimate of drug-likeness (QED) is 0.552. The van der Waals surface area contributed by atoms with Crippen molar-refractivity contribution in [2.45, 2.75) is 67.3 Å². The summed E-state index contributed by atoms with van der Waals surface area (Å²) < 4.78 is 26.2. The van der Waals surface area contributed by atoms with E-state index in [1.54, 1.807) is 0 Å². The van der Waals surface area contributed by atoms with Crippen molar-refractivity contribution in [2.75, 3.05) is 33.0 Å². The summed E-state index contributed by atoms with van der Waals surface area (Å²) in [7, 11) is -3.95. The maximum absolute atomic E-state index is 12.9. The van der Waals surface area contributed by atoms with E-state index in [-0.39, 0.29) is 5.91 Å². The fourth-order valence-corrected chi connectivity index (χ4v) is 5.24. The van der Waals surface area contributed by atoms with Gasteiger partial charge >= 0.3 is 0 Å². The van der Waals surface area contributed by atoms with E-state index in [0.29, 0.717) is 23.0 Å². The van der Waals surface area contributed by atoms with Crippen LogP contribution in [0.25, 0.3) is 0 Å². The molecule has 1 heterocycles. The Morgan fingerprint density at radius 2 is 1.83 bits per heavy atom. The molecular formula is C21H36N4O3S2. The van der Waals surface area contributed by atoms with Gasteiger partial charge in [-0.15, -0.1) is 0 Å². The molecular weight excluding hydrogens is 420 g/mol. The van der Waals surface area contributed by atoms with Gasteiger partial charge in [-0.05, 0) is 49.1 Å². The Balaban J connectivity index is 2.71. The normalized spacial score (nSPS) is 16.5. The molecule has 0 saturated heterocycles. The maximum Gasteiger partial charge on any atom is 0.296 e. The molecule has 0 radical (unpaired) electrons. The second-order valence-corrected chi connectivity index (χ2v) is 11.5. The summed E-state index contributed by atoms with van der Waals surface area (Å²) in [6.07, 6.45) is 1.79. The molecule has 9 heteroatoms. The van der Waals surface area contributed by atoms with E-state index in [1.807, 2.05) is 46.4 Å².